The van der Waals surface area contributed by atoms with E-state index in [1.165, 1.54) is 0 Å². The second-order valence-electron chi connectivity index (χ2n) is 8.05. The number of ether oxygens (including phenoxy) is 1. The molecule has 2 heterocycles. The molecule has 0 bridgehead atoms. The molecule has 6 heteroatoms. The molecule has 1 amide bonds. The number of carbonyl (C=O) groups is 1. The summed E-state index contributed by atoms with van der Waals surface area (Å²) in [6.45, 7) is 8.66. The van der Waals surface area contributed by atoms with Gasteiger partial charge in [0.25, 0.3) is 0 Å². The van der Waals surface area contributed by atoms with Crippen LogP contribution in [0.5, 0.6) is 0 Å². The lowest BCUT2D eigenvalue weighted by molar-refractivity contribution is -0.134. The van der Waals surface area contributed by atoms with Crippen molar-refractivity contribution >= 4 is 11.7 Å². The Balaban J connectivity index is 1.91. The van der Waals surface area contributed by atoms with Crippen molar-refractivity contribution in [1.82, 2.24) is 9.88 Å². The summed E-state index contributed by atoms with van der Waals surface area (Å²) in [7, 11) is 1.61. The van der Waals surface area contributed by atoms with Crippen LogP contribution in [0.3, 0.4) is 0 Å². The zero-order valence-corrected chi connectivity index (χ0v) is 18.3. The molecule has 1 saturated heterocycles. The van der Waals surface area contributed by atoms with Crippen LogP contribution in [0.25, 0.3) is 11.1 Å². The molecule has 0 radical (unpaired) electrons. The zero-order valence-electron chi connectivity index (χ0n) is 18.3. The van der Waals surface area contributed by atoms with E-state index in [0.29, 0.717) is 38.2 Å². The predicted octanol–water partition coefficient (Wildman–Crippen LogP) is 3.82. The summed E-state index contributed by atoms with van der Waals surface area (Å²) in [6, 6.07) is 14.5. The highest BCUT2D eigenvalue weighted by Gasteiger charge is 2.29. The van der Waals surface area contributed by atoms with Crippen molar-refractivity contribution < 1.29 is 9.53 Å². The quantitative estimate of drug-likeness (QED) is 0.729. The first kappa shape index (κ1) is 21.8. The van der Waals surface area contributed by atoms with Gasteiger partial charge in [0.2, 0.25) is 5.91 Å². The lowest BCUT2D eigenvalue weighted by Crippen LogP contribution is -2.54. The van der Waals surface area contributed by atoms with Gasteiger partial charge in [0.1, 0.15) is 11.9 Å². The highest BCUT2D eigenvalue weighted by Crippen LogP contribution is 2.33. The molecular formula is C24H30N4O2. The fourth-order valence-corrected chi connectivity index (χ4v) is 3.98. The number of nitriles is 1. The number of benzene rings is 1. The average Bonchev–Trinajstić information content (AvgIpc) is 2.76. The van der Waals surface area contributed by atoms with Crippen LogP contribution in [-0.2, 0) is 9.53 Å². The van der Waals surface area contributed by atoms with E-state index in [9.17, 15) is 10.1 Å². The monoisotopic (exact) mass is 406 g/mol. The van der Waals surface area contributed by atoms with E-state index in [-0.39, 0.29) is 17.9 Å². The third kappa shape index (κ3) is 4.63. The largest absolute Gasteiger partial charge is 0.384 e. The van der Waals surface area contributed by atoms with Crippen LogP contribution in [-0.4, -0.2) is 55.2 Å². The number of rotatable bonds is 6. The number of piperazine rings is 1. The van der Waals surface area contributed by atoms with Gasteiger partial charge in [-0.2, -0.15) is 5.26 Å². The number of carbonyl (C=O) groups excluding carboxylic acids is 1. The molecule has 1 atom stereocenters. The molecule has 1 aromatic heterocycles. The fraction of sp³-hybridized carbons (Fsp3) is 0.458. The zero-order chi connectivity index (χ0) is 21.7. The third-order valence-corrected chi connectivity index (χ3v) is 5.55. The third-order valence-electron chi connectivity index (χ3n) is 5.55. The van der Waals surface area contributed by atoms with E-state index >= 15 is 0 Å². The molecule has 1 unspecified atom stereocenters. The van der Waals surface area contributed by atoms with Crippen molar-refractivity contribution in [3.8, 4) is 17.2 Å². The first-order chi connectivity index (χ1) is 14.5. The molecular weight excluding hydrogens is 376 g/mol. The maximum atomic E-state index is 12.4. The number of methoxy groups -OCH3 is 1. The Morgan fingerprint density at radius 2 is 2.03 bits per heavy atom. The minimum Gasteiger partial charge on any atom is -0.384 e. The van der Waals surface area contributed by atoms with Gasteiger partial charge in [-0.3, -0.25) is 4.79 Å². The smallest absolute Gasteiger partial charge is 0.225 e. The van der Waals surface area contributed by atoms with Crippen LogP contribution in [0.15, 0.2) is 36.4 Å². The van der Waals surface area contributed by atoms with Gasteiger partial charge >= 0.3 is 0 Å². The number of aromatic nitrogens is 1. The van der Waals surface area contributed by atoms with Crippen molar-refractivity contribution in [1.29, 1.82) is 5.26 Å². The lowest BCUT2D eigenvalue weighted by Gasteiger charge is -2.41. The van der Waals surface area contributed by atoms with E-state index in [1.54, 1.807) is 7.11 Å². The number of nitrogens with zero attached hydrogens (tertiary/aromatic N) is 4. The Morgan fingerprint density at radius 1 is 1.30 bits per heavy atom. The van der Waals surface area contributed by atoms with E-state index in [1.807, 2.05) is 36.1 Å². The predicted molar refractivity (Wildman–Crippen MR) is 118 cm³/mol. The number of hydrogen-bond donors (Lipinski definition) is 0. The van der Waals surface area contributed by atoms with Crippen molar-refractivity contribution in [3.05, 3.63) is 47.7 Å². The molecule has 158 valence electrons. The maximum absolute atomic E-state index is 12.4. The number of hydrogen-bond acceptors (Lipinski definition) is 5. The first-order valence-electron chi connectivity index (χ1n) is 10.5. The van der Waals surface area contributed by atoms with Gasteiger partial charge in [0.05, 0.1) is 24.3 Å². The summed E-state index contributed by atoms with van der Waals surface area (Å²) >= 11 is 0. The summed E-state index contributed by atoms with van der Waals surface area (Å²) < 4.78 is 5.04. The van der Waals surface area contributed by atoms with Crippen LogP contribution in [0, 0.1) is 11.3 Å². The minimum absolute atomic E-state index is 0.0488. The second-order valence-corrected chi connectivity index (χ2v) is 8.05. The Kier molecular flexibility index (Phi) is 7.07. The Hall–Kier alpha value is -2.91. The lowest BCUT2D eigenvalue weighted by atomic mass is 9.96. The summed E-state index contributed by atoms with van der Waals surface area (Å²) in [5, 5.41) is 9.86. The van der Waals surface area contributed by atoms with E-state index in [4.69, 9.17) is 9.72 Å². The molecule has 0 aliphatic carbocycles. The molecule has 6 nitrogen and oxygen atoms in total. The van der Waals surface area contributed by atoms with Crippen LogP contribution < -0.4 is 4.90 Å². The number of anilines is 1. The molecule has 0 spiro atoms. The Bertz CT molecular complexity index is 921. The number of amides is 1. The molecule has 0 saturated carbocycles. The van der Waals surface area contributed by atoms with E-state index in [2.05, 4.69) is 36.9 Å². The molecule has 2 aromatic rings. The molecule has 3 rings (SSSR count). The van der Waals surface area contributed by atoms with Gasteiger partial charge in [0, 0.05) is 38.3 Å². The minimum atomic E-state index is 0.0488. The first-order valence-corrected chi connectivity index (χ1v) is 10.5. The molecule has 1 aliphatic heterocycles. The van der Waals surface area contributed by atoms with Gasteiger partial charge < -0.3 is 14.5 Å². The standard InChI is InChI=1S/C24H30N4O2/c1-17(2)23-21(19-8-6-5-7-9-19)14-20(15-25)24(26-23)27-11-12-28(18(3)16-27)22(29)10-13-30-4/h5-9,14,17-18H,10-13,16H2,1-4H3. The van der Waals surface area contributed by atoms with Gasteiger partial charge in [-0.1, -0.05) is 44.2 Å². The van der Waals surface area contributed by atoms with E-state index < -0.39 is 0 Å². The normalized spacial score (nSPS) is 16.6. The van der Waals surface area contributed by atoms with E-state index in [0.717, 1.165) is 22.6 Å². The van der Waals surface area contributed by atoms with Gasteiger partial charge in [-0.15, -0.1) is 0 Å². The Labute approximate surface area is 179 Å². The highest BCUT2D eigenvalue weighted by molar-refractivity contribution is 5.77. The van der Waals surface area contributed by atoms with Gasteiger partial charge in [0.15, 0.2) is 0 Å². The summed E-state index contributed by atoms with van der Waals surface area (Å²) in [4.78, 5) is 21.5. The second kappa shape index (κ2) is 9.73. The van der Waals surface area contributed by atoms with Crippen molar-refractivity contribution in [3.63, 3.8) is 0 Å². The fourth-order valence-electron chi connectivity index (χ4n) is 3.98. The van der Waals surface area contributed by atoms with Crippen LogP contribution in [0.1, 0.15) is 44.4 Å². The van der Waals surface area contributed by atoms with Crippen molar-refractivity contribution in [2.45, 2.75) is 39.2 Å². The SMILES string of the molecule is COCCC(=O)N1CCN(c2nc(C(C)C)c(-c3ccccc3)cc2C#N)CC1C. The summed E-state index contributed by atoms with van der Waals surface area (Å²) in [5.41, 5.74) is 3.64. The topological polar surface area (TPSA) is 69.5 Å². The maximum Gasteiger partial charge on any atom is 0.225 e. The summed E-state index contributed by atoms with van der Waals surface area (Å²) in [6.07, 6.45) is 0.395. The van der Waals surface area contributed by atoms with Gasteiger partial charge in [-0.25, -0.2) is 4.98 Å². The molecule has 30 heavy (non-hydrogen) atoms. The number of pyridine rings is 1. The van der Waals surface area contributed by atoms with Crippen molar-refractivity contribution in [2.75, 3.05) is 38.3 Å². The molecule has 1 aliphatic rings. The molecule has 1 fully saturated rings. The van der Waals surface area contributed by atoms with Crippen LogP contribution >= 0.6 is 0 Å². The van der Waals surface area contributed by atoms with Crippen LogP contribution in [0.2, 0.25) is 0 Å². The Morgan fingerprint density at radius 3 is 2.63 bits per heavy atom. The van der Waals surface area contributed by atoms with Crippen molar-refractivity contribution in [2.24, 2.45) is 0 Å². The molecule has 0 N–H and O–H groups in total. The van der Waals surface area contributed by atoms with Gasteiger partial charge in [-0.05, 0) is 24.5 Å². The summed E-state index contributed by atoms with van der Waals surface area (Å²) in [5.74, 6) is 1.05. The van der Waals surface area contributed by atoms with Crippen LogP contribution in [0.4, 0.5) is 5.82 Å². The molecule has 1 aromatic carbocycles. The average molecular weight is 407 g/mol. The highest BCUT2D eigenvalue weighted by atomic mass is 16.5.